The molecule has 0 radical (unpaired) electrons. The summed E-state index contributed by atoms with van der Waals surface area (Å²) in [4.78, 5) is 22.3. The van der Waals surface area contributed by atoms with Crippen molar-refractivity contribution < 1.29 is 14.5 Å². The first-order valence-corrected chi connectivity index (χ1v) is 5.81. The maximum atomic E-state index is 11.7. The van der Waals surface area contributed by atoms with Gasteiger partial charge < -0.3 is 10.1 Å². The van der Waals surface area contributed by atoms with Crippen LogP contribution < -0.4 is 5.32 Å². The van der Waals surface area contributed by atoms with Crippen LogP contribution in [0.1, 0.15) is 10.4 Å². The number of benzene rings is 2. The third kappa shape index (κ3) is 2.74. The van der Waals surface area contributed by atoms with Crippen molar-refractivity contribution in [1.82, 2.24) is 0 Å². The van der Waals surface area contributed by atoms with E-state index in [1.54, 1.807) is 24.3 Å². The van der Waals surface area contributed by atoms with Crippen LogP contribution in [0.2, 0.25) is 0 Å². The molecule has 0 saturated carbocycles. The average molecular weight is 272 g/mol. The van der Waals surface area contributed by atoms with E-state index < -0.39 is 10.9 Å². The van der Waals surface area contributed by atoms with Crippen LogP contribution in [0, 0.1) is 10.1 Å². The summed E-state index contributed by atoms with van der Waals surface area (Å²) in [6.07, 6.45) is 0. The normalized spacial score (nSPS) is 9.85. The minimum atomic E-state index is -0.632. The molecular weight excluding hydrogens is 260 g/mol. The van der Waals surface area contributed by atoms with Crippen LogP contribution in [-0.2, 0) is 4.74 Å². The minimum Gasteiger partial charge on any atom is -0.465 e. The van der Waals surface area contributed by atoms with Gasteiger partial charge in [-0.1, -0.05) is 24.3 Å². The highest BCUT2D eigenvalue weighted by atomic mass is 16.6. The Morgan fingerprint density at radius 3 is 2.45 bits per heavy atom. The fraction of sp³-hybridized carbons (Fsp3) is 0.0714. The molecule has 102 valence electrons. The average Bonchev–Trinajstić information content (AvgIpc) is 2.47. The second-order valence-electron chi connectivity index (χ2n) is 3.94. The van der Waals surface area contributed by atoms with Gasteiger partial charge in [-0.05, 0) is 18.2 Å². The molecule has 0 aliphatic carbocycles. The molecule has 0 spiro atoms. The molecule has 2 aromatic carbocycles. The first-order valence-electron chi connectivity index (χ1n) is 5.81. The number of methoxy groups -OCH3 is 1. The summed E-state index contributed by atoms with van der Waals surface area (Å²) in [6, 6.07) is 13.1. The highest BCUT2D eigenvalue weighted by Gasteiger charge is 2.22. The standard InChI is InChI=1S/C14H12N2O4/c1-20-14(17)11-8-5-9-12(16(18)19)13(11)15-10-6-3-2-4-7-10/h2-9,15H,1H3. The Kier molecular flexibility index (Phi) is 3.95. The van der Waals surface area contributed by atoms with Crippen molar-refractivity contribution >= 4 is 23.0 Å². The number of nitrogens with zero attached hydrogens (tertiary/aromatic N) is 1. The van der Waals surface area contributed by atoms with Gasteiger partial charge in [-0.3, -0.25) is 10.1 Å². The highest BCUT2D eigenvalue weighted by molar-refractivity contribution is 5.99. The largest absolute Gasteiger partial charge is 0.465 e. The van der Waals surface area contributed by atoms with Crippen molar-refractivity contribution in [3.8, 4) is 0 Å². The van der Waals surface area contributed by atoms with Crippen molar-refractivity contribution in [2.45, 2.75) is 0 Å². The Labute approximate surface area is 115 Å². The van der Waals surface area contributed by atoms with Crippen molar-refractivity contribution in [1.29, 1.82) is 0 Å². The Morgan fingerprint density at radius 2 is 1.85 bits per heavy atom. The highest BCUT2D eigenvalue weighted by Crippen LogP contribution is 2.31. The topological polar surface area (TPSA) is 81.5 Å². The van der Waals surface area contributed by atoms with E-state index in [1.807, 2.05) is 6.07 Å². The monoisotopic (exact) mass is 272 g/mol. The Bertz CT molecular complexity index is 641. The number of esters is 1. The van der Waals surface area contributed by atoms with Crippen LogP contribution in [0.15, 0.2) is 48.5 Å². The number of hydrogen-bond acceptors (Lipinski definition) is 5. The number of rotatable bonds is 4. The summed E-state index contributed by atoms with van der Waals surface area (Å²) < 4.78 is 4.65. The molecular formula is C14H12N2O4. The molecule has 6 nitrogen and oxygen atoms in total. The number of hydrogen-bond donors (Lipinski definition) is 1. The number of nitro groups is 1. The fourth-order valence-corrected chi connectivity index (χ4v) is 1.77. The van der Waals surface area contributed by atoms with E-state index in [1.165, 1.54) is 25.3 Å². The zero-order valence-electron chi connectivity index (χ0n) is 10.7. The Morgan fingerprint density at radius 1 is 1.15 bits per heavy atom. The van der Waals surface area contributed by atoms with Crippen molar-refractivity contribution in [2.24, 2.45) is 0 Å². The number of para-hydroxylation sites is 2. The van der Waals surface area contributed by atoms with Gasteiger partial charge in [0.1, 0.15) is 5.69 Å². The van der Waals surface area contributed by atoms with Crippen LogP contribution in [0.4, 0.5) is 17.1 Å². The van der Waals surface area contributed by atoms with Gasteiger partial charge in [-0.25, -0.2) is 4.79 Å². The molecule has 0 atom stereocenters. The number of anilines is 2. The van der Waals surface area contributed by atoms with E-state index in [-0.39, 0.29) is 16.9 Å². The van der Waals surface area contributed by atoms with E-state index in [0.29, 0.717) is 5.69 Å². The first kappa shape index (κ1) is 13.5. The molecule has 0 bridgehead atoms. The van der Waals surface area contributed by atoms with Gasteiger partial charge >= 0.3 is 5.97 Å². The van der Waals surface area contributed by atoms with Gasteiger partial charge in [0.05, 0.1) is 17.6 Å². The lowest BCUT2D eigenvalue weighted by atomic mass is 10.1. The number of carbonyl (C=O) groups is 1. The summed E-state index contributed by atoms with van der Waals surface area (Å²) >= 11 is 0. The van der Waals surface area contributed by atoms with E-state index >= 15 is 0 Å². The third-order valence-corrected chi connectivity index (χ3v) is 2.69. The van der Waals surface area contributed by atoms with Gasteiger partial charge in [0.25, 0.3) is 5.69 Å². The van der Waals surface area contributed by atoms with Crippen LogP contribution >= 0.6 is 0 Å². The predicted octanol–water partition coefficient (Wildman–Crippen LogP) is 3.13. The Balaban J connectivity index is 2.52. The molecule has 1 N–H and O–H groups in total. The predicted molar refractivity (Wildman–Crippen MR) is 74.2 cm³/mol. The maximum Gasteiger partial charge on any atom is 0.340 e. The summed E-state index contributed by atoms with van der Waals surface area (Å²) in [7, 11) is 1.23. The van der Waals surface area contributed by atoms with Crippen molar-refractivity contribution in [2.75, 3.05) is 12.4 Å². The molecule has 20 heavy (non-hydrogen) atoms. The fourth-order valence-electron chi connectivity index (χ4n) is 1.77. The molecule has 2 aromatic rings. The quantitative estimate of drug-likeness (QED) is 0.525. The summed E-state index contributed by atoms with van der Waals surface area (Å²) in [5.41, 5.74) is 0.699. The van der Waals surface area contributed by atoms with Crippen LogP contribution in [0.25, 0.3) is 0 Å². The van der Waals surface area contributed by atoms with Gasteiger partial charge in [0.2, 0.25) is 0 Å². The molecule has 0 saturated heterocycles. The third-order valence-electron chi connectivity index (χ3n) is 2.69. The first-order chi connectivity index (χ1) is 9.63. The van der Waals surface area contributed by atoms with Crippen LogP contribution in [0.3, 0.4) is 0 Å². The molecule has 0 heterocycles. The minimum absolute atomic E-state index is 0.116. The van der Waals surface area contributed by atoms with Gasteiger partial charge in [0, 0.05) is 11.8 Å². The van der Waals surface area contributed by atoms with Crippen LogP contribution in [0.5, 0.6) is 0 Å². The molecule has 0 fully saturated rings. The molecule has 0 unspecified atom stereocenters. The summed E-state index contributed by atoms with van der Waals surface area (Å²) in [5.74, 6) is -0.632. The van der Waals surface area contributed by atoms with Crippen molar-refractivity contribution in [3.05, 3.63) is 64.2 Å². The second kappa shape index (κ2) is 5.83. The molecule has 2 rings (SSSR count). The molecule has 0 aromatic heterocycles. The summed E-state index contributed by atoms with van der Waals surface area (Å²) in [5, 5.41) is 14.0. The van der Waals surface area contributed by atoms with E-state index in [4.69, 9.17) is 0 Å². The van der Waals surface area contributed by atoms with Crippen molar-refractivity contribution in [3.63, 3.8) is 0 Å². The van der Waals surface area contributed by atoms with Gasteiger partial charge in [-0.15, -0.1) is 0 Å². The number of carbonyl (C=O) groups excluding carboxylic acids is 1. The molecule has 6 heteroatoms. The lowest BCUT2D eigenvalue weighted by Gasteiger charge is -2.11. The lowest BCUT2D eigenvalue weighted by molar-refractivity contribution is -0.383. The number of nitro benzene ring substituents is 1. The maximum absolute atomic E-state index is 11.7. The van der Waals surface area contributed by atoms with E-state index in [2.05, 4.69) is 10.1 Å². The van der Waals surface area contributed by atoms with E-state index in [0.717, 1.165) is 0 Å². The number of ether oxygens (including phenoxy) is 1. The SMILES string of the molecule is COC(=O)c1cccc([N+](=O)[O-])c1Nc1ccccc1. The van der Waals surface area contributed by atoms with Gasteiger partial charge in [0.15, 0.2) is 0 Å². The molecule has 0 aliphatic rings. The lowest BCUT2D eigenvalue weighted by Crippen LogP contribution is -2.07. The number of nitrogens with one attached hydrogen (secondary N) is 1. The summed E-state index contributed by atoms with van der Waals surface area (Å²) in [6.45, 7) is 0. The Hall–Kier alpha value is -2.89. The van der Waals surface area contributed by atoms with Crippen LogP contribution in [-0.4, -0.2) is 18.0 Å². The van der Waals surface area contributed by atoms with Gasteiger partial charge in [-0.2, -0.15) is 0 Å². The molecule has 0 aliphatic heterocycles. The smallest absolute Gasteiger partial charge is 0.340 e. The molecule has 0 amide bonds. The second-order valence-corrected chi connectivity index (χ2v) is 3.94. The zero-order valence-corrected chi connectivity index (χ0v) is 10.7. The zero-order chi connectivity index (χ0) is 14.5. The van der Waals surface area contributed by atoms with E-state index in [9.17, 15) is 14.9 Å².